The van der Waals surface area contributed by atoms with Crippen molar-refractivity contribution in [2.75, 3.05) is 55.4 Å². The van der Waals surface area contributed by atoms with Crippen molar-refractivity contribution in [3.05, 3.63) is 49.1 Å². The summed E-state index contributed by atoms with van der Waals surface area (Å²) in [6, 6.07) is 7.63. The first-order valence-corrected chi connectivity index (χ1v) is 11.6. The Bertz CT molecular complexity index is 1190. The van der Waals surface area contributed by atoms with Crippen molar-refractivity contribution in [3.8, 4) is 11.3 Å². The largest absolute Gasteiger partial charge is 0.469 e. The average Bonchev–Trinajstić information content (AvgIpc) is 2.91. The van der Waals surface area contributed by atoms with Gasteiger partial charge < -0.3 is 30.3 Å². The van der Waals surface area contributed by atoms with E-state index < -0.39 is 6.09 Å². The number of amides is 1. The van der Waals surface area contributed by atoms with Crippen molar-refractivity contribution < 1.29 is 19.4 Å². The molecule has 3 aromatic heterocycles. The first-order valence-electron chi connectivity index (χ1n) is 11.6. The molecule has 0 aromatic carbocycles. The predicted molar refractivity (Wildman–Crippen MR) is 134 cm³/mol. The maximum absolute atomic E-state index is 11.4. The minimum atomic E-state index is -0.903. The van der Waals surface area contributed by atoms with Crippen LogP contribution in [0.15, 0.2) is 49.1 Å². The van der Waals surface area contributed by atoms with Gasteiger partial charge in [-0.15, -0.1) is 0 Å². The number of nitrogens with zero attached hydrogens (tertiary/aromatic N) is 6. The molecule has 3 N–H and O–H groups in total. The van der Waals surface area contributed by atoms with E-state index in [1.54, 1.807) is 24.8 Å². The summed E-state index contributed by atoms with van der Waals surface area (Å²) in [5.41, 5.74) is 2.40. The summed E-state index contributed by atoms with van der Waals surface area (Å²) in [6.45, 7) is 2.57. The summed E-state index contributed by atoms with van der Waals surface area (Å²) in [5, 5.41) is 15.7. The topological polar surface area (TPSA) is 146 Å². The molecule has 188 valence electrons. The number of carbonyl (C=O) groups is 2. The Morgan fingerprint density at radius 3 is 2.61 bits per heavy atom. The van der Waals surface area contributed by atoms with Crippen molar-refractivity contribution in [2.24, 2.45) is 0 Å². The second kappa shape index (κ2) is 11.8. The van der Waals surface area contributed by atoms with Crippen molar-refractivity contribution in [1.82, 2.24) is 24.8 Å². The molecule has 36 heavy (non-hydrogen) atoms. The summed E-state index contributed by atoms with van der Waals surface area (Å²) in [5.74, 6) is 1.66. The Morgan fingerprint density at radius 2 is 1.89 bits per heavy atom. The Labute approximate surface area is 208 Å². The molecule has 1 fully saturated rings. The van der Waals surface area contributed by atoms with Gasteiger partial charge in [0.1, 0.15) is 17.5 Å². The fourth-order valence-electron chi connectivity index (χ4n) is 3.78. The summed E-state index contributed by atoms with van der Waals surface area (Å²) < 4.78 is 4.70. The van der Waals surface area contributed by atoms with E-state index in [-0.39, 0.29) is 5.97 Å². The van der Waals surface area contributed by atoms with Gasteiger partial charge in [-0.2, -0.15) is 0 Å². The molecule has 1 aliphatic heterocycles. The number of esters is 1. The molecular weight excluding hydrogens is 464 g/mol. The number of nitrogens with one attached hydrogen (secondary N) is 2. The molecule has 0 radical (unpaired) electrons. The van der Waals surface area contributed by atoms with Gasteiger partial charge in [0, 0.05) is 75.1 Å². The minimum absolute atomic E-state index is 0.245. The third kappa shape index (κ3) is 6.56. The van der Waals surface area contributed by atoms with Gasteiger partial charge in [0.2, 0.25) is 0 Å². The summed E-state index contributed by atoms with van der Waals surface area (Å²) >= 11 is 0. The van der Waals surface area contributed by atoms with Crippen LogP contribution >= 0.6 is 0 Å². The Kier molecular flexibility index (Phi) is 8.06. The van der Waals surface area contributed by atoms with Crippen LogP contribution in [-0.2, 0) is 9.53 Å². The molecule has 0 bridgehead atoms. The molecule has 0 atom stereocenters. The molecule has 1 aliphatic rings. The molecule has 12 nitrogen and oxygen atoms in total. The van der Waals surface area contributed by atoms with E-state index in [2.05, 4.69) is 30.5 Å². The lowest BCUT2D eigenvalue weighted by molar-refractivity contribution is -0.140. The monoisotopic (exact) mass is 492 g/mol. The van der Waals surface area contributed by atoms with E-state index in [0.29, 0.717) is 62.9 Å². The number of piperazine rings is 1. The van der Waals surface area contributed by atoms with Crippen LogP contribution in [0.25, 0.3) is 11.3 Å². The van der Waals surface area contributed by atoms with Crippen LogP contribution in [-0.4, -0.2) is 81.8 Å². The maximum atomic E-state index is 11.4. The van der Waals surface area contributed by atoms with Crippen molar-refractivity contribution in [1.29, 1.82) is 0 Å². The molecule has 4 heterocycles. The van der Waals surface area contributed by atoms with E-state index in [9.17, 15) is 14.7 Å². The highest BCUT2D eigenvalue weighted by atomic mass is 16.5. The van der Waals surface area contributed by atoms with Crippen LogP contribution in [0.5, 0.6) is 0 Å². The van der Waals surface area contributed by atoms with E-state index in [0.717, 1.165) is 17.1 Å². The highest BCUT2D eigenvalue weighted by Crippen LogP contribution is 2.27. The van der Waals surface area contributed by atoms with Gasteiger partial charge in [0.05, 0.1) is 19.0 Å². The predicted octanol–water partition coefficient (Wildman–Crippen LogP) is 2.84. The lowest BCUT2D eigenvalue weighted by Crippen LogP contribution is -2.48. The zero-order valence-corrected chi connectivity index (χ0v) is 19.9. The Hall–Kier alpha value is -4.48. The molecule has 3 aromatic rings. The number of hydrogen-bond acceptors (Lipinski definition) is 10. The fraction of sp³-hybridized carbons (Fsp3) is 0.333. The lowest BCUT2D eigenvalue weighted by atomic mass is 10.1. The minimum Gasteiger partial charge on any atom is -0.469 e. The second-order valence-corrected chi connectivity index (χ2v) is 8.11. The van der Waals surface area contributed by atoms with Gasteiger partial charge in [-0.25, -0.2) is 19.7 Å². The fourth-order valence-corrected chi connectivity index (χ4v) is 3.78. The smallest absolute Gasteiger partial charge is 0.407 e. The third-order valence-corrected chi connectivity index (χ3v) is 5.67. The highest BCUT2D eigenvalue weighted by molar-refractivity contribution is 5.72. The molecular formula is C24H28N8O4. The number of carbonyl (C=O) groups excluding carboxylic acids is 1. The van der Waals surface area contributed by atoms with Crippen LogP contribution in [0.4, 0.5) is 27.9 Å². The maximum Gasteiger partial charge on any atom is 0.407 e. The van der Waals surface area contributed by atoms with Crippen molar-refractivity contribution in [3.63, 3.8) is 0 Å². The number of anilines is 4. The highest BCUT2D eigenvalue weighted by Gasteiger charge is 2.21. The Morgan fingerprint density at radius 1 is 1.06 bits per heavy atom. The van der Waals surface area contributed by atoms with Crippen molar-refractivity contribution >= 4 is 35.2 Å². The summed E-state index contributed by atoms with van der Waals surface area (Å²) in [6.07, 6.45) is 6.57. The van der Waals surface area contributed by atoms with Gasteiger partial charge in [-0.1, -0.05) is 0 Å². The van der Waals surface area contributed by atoms with Crippen LogP contribution in [0.3, 0.4) is 0 Å². The number of pyridine rings is 2. The third-order valence-electron chi connectivity index (χ3n) is 5.67. The van der Waals surface area contributed by atoms with E-state index >= 15 is 0 Å². The molecule has 1 saturated heterocycles. The summed E-state index contributed by atoms with van der Waals surface area (Å²) in [7, 11) is 1.38. The molecule has 0 aliphatic carbocycles. The standard InChI is InChI=1S/C24H28N8O4/c1-36-23(33)3-2-5-26-18-14-19(29-20(15-18)30-21-16-25-7-8-27-21)17-4-6-28-22(13-17)31-9-11-32(12-10-31)24(34)35/h4,6-8,13-16H,2-3,5,9-12H2,1H3,(H,34,35)(H2,26,27,29,30). The number of carboxylic acid groups (broad SMARTS) is 1. The second-order valence-electron chi connectivity index (χ2n) is 8.11. The molecule has 1 amide bonds. The van der Waals surface area contributed by atoms with E-state index in [1.165, 1.54) is 12.0 Å². The van der Waals surface area contributed by atoms with Crippen LogP contribution < -0.4 is 15.5 Å². The number of rotatable bonds is 9. The van der Waals surface area contributed by atoms with Crippen molar-refractivity contribution in [2.45, 2.75) is 12.8 Å². The average molecular weight is 493 g/mol. The molecule has 0 unspecified atom stereocenters. The van der Waals surface area contributed by atoms with E-state index in [4.69, 9.17) is 9.72 Å². The van der Waals surface area contributed by atoms with Gasteiger partial charge in [0.25, 0.3) is 0 Å². The normalized spacial score (nSPS) is 13.2. The summed E-state index contributed by atoms with van der Waals surface area (Å²) in [4.78, 5) is 43.7. The van der Waals surface area contributed by atoms with Crippen LogP contribution in [0.2, 0.25) is 0 Å². The van der Waals surface area contributed by atoms with Gasteiger partial charge >= 0.3 is 12.1 Å². The van der Waals surface area contributed by atoms with E-state index in [1.807, 2.05) is 24.3 Å². The molecule has 0 saturated carbocycles. The molecule has 12 heteroatoms. The first-order chi connectivity index (χ1) is 17.5. The van der Waals surface area contributed by atoms with Crippen LogP contribution in [0.1, 0.15) is 12.8 Å². The molecule has 0 spiro atoms. The first kappa shape index (κ1) is 24.6. The zero-order chi connectivity index (χ0) is 25.3. The number of ether oxygens (including phenoxy) is 1. The lowest BCUT2D eigenvalue weighted by Gasteiger charge is -2.33. The molecule has 4 rings (SSSR count). The quantitative estimate of drug-likeness (QED) is 0.299. The number of methoxy groups -OCH3 is 1. The SMILES string of the molecule is COC(=O)CCCNc1cc(Nc2cnccn2)nc(-c2ccnc(N3CCN(C(=O)O)CC3)c2)c1. The number of aromatic nitrogens is 4. The van der Waals surface area contributed by atoms with Gasteiger partial charge in [-0.05, 0) is 24.6 Å². The van der Waals surface area contributed by atoms with Gasteiger partial charge in [-0.3, -0.25) is 9.78 Å². The zero-order valence-electron chi connectivity index (χ0n) is 19.9. The number of hydrogen-bond donors (Lipinski definition) is 3. The van der Waals surface area contributed by atoms with Gasteiger partial charge in [0.15, 0.2) is 0 Å². The van der Waals surface area contributed by atoms with Crippen LogP contribution in [0, 0.1) is 0 Å². The Balaban J connectivity index is 1.55.